The van der Waals surface area contributed by atoms with Crippen molar-refractivity contribution in [2.75, 3.05) is 6.54 Å². The lowest BCUT2D eigenvalue weighted by molar-refractivity contribution is -0.146. The fraction of sp³-hybridized carbons (Fsp3) is 0.692. The molecule has 5 nitrogen and oxygen atoms in total. The quantitative estimate of drug-likeness (QED) is 0.838. The number of rotatable bonds is 6. The number of halogens is 1. The molecule has 0 aliphatic heterocycles. The lowest BCUT2D eigenvalue weighted by Crippen LogP contribution is -2.57. The molecule has 1 aromatic rings. The molecule has 19 heavy (non-hydrogen) atoms. The maximum Gasteiger partial charge on any atom is 0.326 e. The van der Waals surface area contributed by atoms with Crippen molar-refractivity contribution in [1.82, 2.24) is 15.1 Å². The number of nitrogens with one attached hydrogen (secondary N) is 1. The molecule has 1 aliphatic rings. The molecule has 1 heterocycles. The van der Waals surface area contributed by atoms with Crippen LogP contribution in [0.5, 0.6) is 0 Å². The van der Waals surface area contributed by atoms with Gasteiger partial charge in [-0.05, 0) is 55.1 Å². The van der Waals surface area contributed by atoms with Crippen molar-refractivity contribution in [3.05, 3.63) is 15.9 Å². The third kappa shape index (κ3) is 2.56. The molecule has 0 aromatic carbocycles. The predicted octanol–water partition coefficient (Wildman–Crippen LogP) is 2.11. The van der Waals surface area contributed by atoms with E-state index in [0.717, 1.165) is 28.7 Å². The highest BCUT2D eigenvalue weighted by molar-refractivity contribution is 9.10. The maximum absolute atomic E-state index is 11.8. The number of aromatic nitrogens is 2. The number of hydrogen-bond donors (Lipinski definition) is 2. The summed E-state index contributed by atoms with van der Waals surface area (Å²) >= 11 is 3.49. The molecule has 2 rings (SSSR count). The zero-order chi connectivity index (χ0) is 14.2. The van der Waals surface area contributed by atoms with Crippen molar-refractivity contribution in [1.29, 1.82) is 0 Å². The second-order valence-corrected chi connectivity index (χ2v) is 6.02. The molecule has 0 bridgehead atoms. The van der Waals surface area contributed by atoms with Crippen LogP contribution in [0.3, 0.4) is 0 Å². The highest BCUT2D eigenvalue weighted by Gasteiger charge is 2.51. The molecule has 0 amide bonds. The standard InChI is InChI=1S/C13H20BrN3O2/c1-4-15-13(12(18)19,10-5-6-10)7-17-9(3)11(14)8(2)16-17/h10,15H,4-7H2,1-3H3,(H,18,19). The fourth-order valence-corrected chi connectivity index (χ4v) is 2.89. The summed E-state index contributed by atoms with van der Waals surface area (Å²) in [5.41, 5.74) is 0.975. The molecule has 1 aromatic heterocycles. The van der Waals surface area contributed by atoms with Gasteiger partial charge in [0.15, 0.2) is 0 Å². The van der Waals surface area contributed by atoms with Gasteiger partial charge in [-0.25, -0.2) is 0 Å². The number of carboxylic acids is 1. The number of aliphatic carboxylic acids is 1. The first-order chi connectivity index (χ1) is 8.92. The smallest absolute Gasteiger partial charge is 0.326 e. The molecule has 0 radical (unpaired) electrons. The summed E-state index contributed by atoms with van der Waals surface area (Å²) in [6.07, 6.45) is 1.94. The Morgan fingerprint density at radius 2 is 2.21 bits per heavy atom. The van der Waals surface area contributed by atoms with Crippen LogP contribution in [-0.4, -0.2) is 32.9 Å². The van der Waals surface area contributed by atoms with Crippen LogP contribution in [0.25, 0.3) is 0 Å². The zero-order valence-electron chi connectivity index (χ0n) is 11.5. The van der Waals surface area contributed by atoms with E-state index in [0.29, 0.717) is 13.1 Å². The highest BCUT2D eigenvalue weighted by Crippen LogP contribution is 2.41. The molecular weight excluding hydrogens is 310 g/mol. The van der Waals surface area contributed by atoms with Crippen LogP contribution < -0.4 is 5.32 Å². The van der Waals surface area contributed by atoms with Crippen LogP contribution in [0.1, 0.15) is 31.2 Å². The SMILES string of the molecule is CCNC(Cn1nc(C)c(Br)c1C)(C(=O)O)C1CC1. The molecule has 1 saturated carbocycles. The van der Waals surface area contributed by atoms with Crippen LogP contribution in [-0.2, 0) is 11.3 Å². The average Bonchev–Trinajstić information content (AvgIpc) is 3.15. The van der Waals surface area contributed by atoms with E-state index in [9.17, 15) is 9.90 Å². The Kier molecular flexibility index (Phi) is 4.01. The van der Waals surface area contributed by atoms with Gasteiger partial charge in [0.1, 0.15) is 5.54 Å². The van der Waals surface area contributed by atoms with Gasteiger partial charge in [-0.2, -0.15) is 5.10 Å². The van der Waals surface area contributed by atoms with Crippen LogP contribution in [0.4, 0.5) is 0 Å². The lowest BCUT2D eigenvalue weighted by atomic mass is 9.93. The summed E-state index contributed by atoms with van der Waals surface area (Å²) in [6, 6.07) is 0. The summed E-state index contributed by atoms with van der Waals surface area (Å²) in [5.74, 6) is -0.576. The summed E-state index contributed by atoms with van der Waals surface area (Å²) in [6.45, 7) is 6.83. The van der Waals surface area contributed by atoms with Gasteiger partial charge in [0.2, 0.25) is 0 Å². The van der Waals surface area contributed by atoms with E-state index in [1.807, 2.05) is 20.8 Å². The Balaban J connectivity index is 2.34. The largest absolute Gasteiger partial charge is 0.480 e. The van der Waals surface area contributed by atoms with Crippen molar-refractivity contribution >= 4 is 21.9 Å². The van der Waals surface area contributed by atoms with Crippen LogP contribution >= 0.6 is 15.9 Å². The first-order valence-electron chi connectivity index (χ1n) is 6.60. The Labute approximate surface area is 121 Å². The summed E-state index contributed by atoms with van der Waals surface area (Å²) in [5, 5.41) is 17.3. The monoisotopic (exact) mass is 329 g/mol. The van der Waals surface area contributed by atoms with E-state index in [2.05, 4.69) is 26.3 Å². The molecule has 2 N–H and O–H groups in total. The minimum Gasteiger partial charge on any atom is -0.480 e. The second kappa shape index (κ2) is 5.25. The lowest BCUT2D eigenvalue weighted by Gasteiger charge is -2.30. The number of hydrogen-bond acceptors (Lipinski definition) is 3. The van der Waals surface area contributed by atoms with Crippen LogP contribution in [0, 0.1) is 19.8 Å². The van der Waals surface area contributed by atoms with Crippen molar-refractivity contribution < 1.29 is 9.90 Å². The van der Waals surface area contributed by atoms with Crippen molar-refractivity contribution in [3.63, 3.8) is 0 Å². The van der Waals surface area contributed by atoms with Gasteiger partial charge < -0.3 is 10.4 Å². The first kappa shape index (κ1) is 14.5. The van der Waals surface area contributed by atoms with E-state index in [-0.39, 0.29) is 5.92 Å². The fourth-order valence-electron chi connectivity index (χ4n) is 2.60. The summed E-state index contributed by atoms with van der Waals surface area (Å²) in [7, 11) is 0. The predicted molar refractivity (Wildman–Crippen MR) is 76.2 cm³/mol. The van der Waals surface area contributed by atoms with Gasteiger partial charge in [-0.3, -0.25) is 9.48 Å². The molecular formula is C13H20BrN3O2. The van der Waals surface area contributed by atoms with E-state index >= 15 is 0 Å². The Bertz CT molecular complexity index is 496. The van der Waals surface area contributed by atoms with E-state index in [4.69, 9.17) is 0 Å². The third-order valence-electron chi connectivity index (χ3n) is 3.84. The van der Waals surface area contributed by atoms with Crippen molar-refractivity contribution in [2.45, 2.75) is 45.7 Å². The molecule has 1 unspecified atom stereocenters. The van der Waals surface area contributed by atoms with Gasteiger partial charge in [-0.15, -0.1) is 0 Å². The number of nitrogens with zero attached hydrogens (tertiary/aromatic N) is 2. The highest BCUT2D eigenvalue weighted by atomic mass is 79.9. The third-order valence-corrected chi connectivity index (χ3v) is 4.99. The molecule has 1 atom stereocenters. The minimum atomic E-state index is -0.891. The number of aryl methyl sites for hydroxylation is 1. The topological polar surface area (TPSA) is 67.2 Å². The summed E-state index contributed by atoms with van der Waals surface area (Å²) < 4.78 is 2.76. The van der Waals surface area contributed by atoms with Gasteiger partial charge in [0.05, 0.1) is 16.7 Å². The van der Waals surface area contributed by atoms with E-state index in [1.165, 1.54) is 0 Å². The average molecular weight is 330 g/mol. The Morgan fingerprint density at radius 3 is 2.58 bits per heavy atom. The Hall–Kier alpha value is -0.880. The van der Waals surface area contributed by atoms with Crippen LogP contribution in [0.2, 0.25) is 0 Å². The molecule has 0 spiro atoms. The molecule has 1 fully saturated rings. The molecule has 106 valence electrons. The van der Waals surface area contributed by atoms with Gasteiger partial charge in [0, 0.05) is 5.69 Å². The van der Waals surface area contributed by atoms with Gasteiger partial charge in [0.25, 0.3) is 0 Å². The van der Waals surface area contributed by atoms with E-state index in [1.54, 1.807) is 4.68 Å². The number of carboxylic acid groups (broad SMARTS) is 1. The first-order valence-corrected chi connectivity index (χ1v) is 7.39. The van der Waals surface area contributed by atoms with Crippen LogP contribution in [0.15, 0.2) is 4.47 Å². The number of carbonyl (C=O) groups is 1. The Morgan fingerprint density at radius 1 is 1.58 bits per heavy atom. The summed E-state index contributed by atoms with van der Waals surface area (Å²) in [4.78, 5) is 11.8. The second-order valence-electron chi connectivity index (χ2n) is 5.22. The molecule has 6 heteroatoms. The normalized spacial score (nSPS) is 18.3. The van der Waals surface area contributed by atoms with Crippen molar-refractivity contribution in [2.24, 2.45) is 5.92 Å². The maximum atomic E-state index is 11.8. The number of likely N-dealkylation sites (N-methyl/N-ethyl adjacent to an activating group) is 1. The molecule has 0 saturated heterocycles. The van der Waals surface area contributed by atoms with E-state index < -0.39 is 11.5 Å². The molecule has 1 aliphatic carbocycles. The van der Waals surface area contributed by atoms with Gasteiger partial charge in [-0.1, -0.05) is 6.92 Å². The van der Waals surface area contributed by atoms with Crippen molar-refractivity contribution in [3.8, 4) is 0 Å². The van der Waals surface area contributed by atoms with Gasteiger partial charge >= 0.3 is 5.97 Å². The minimum absolute atomic E-state index is 0.202. The zero-order valence-corrected chi connectivity index (χ0v) is 13.1.